The highest BCUT2D eigenvalue weighted by Gasteiger charge is 2.74. The van der Waals surface area contributed by atoms with Crippen LogP contribution in [0.4, 0.5) is 5.69 Å². The molecule has 5 atom stereocenters. The Morgan fingerprint density at radius 3 is 2.66 bits per heavy atom. The molecule has 2 unspecified atom stereocenters. The summed E-state index contributed by atoms with van der Waals surface area (Å²) in [5.41, 5.74) is 0.668. The van der Waals surface area contributed by atoms with Crippen molar-refractivity contribution in [1.29, 1.82) is 0 Å². The first-order valence-electron chi connectivity index (χ1n) is 11.9. The number of aliphatic hydroxyl groups excluding tert-OH is 1. The van der Waals surface area contributed by atoms with E-state index in [1.807, 2.05) is 0 Å². The molecule has 35 heavy (non-hydrogen) atoms. The molecule has 0 aliphatic carbocycles. The largest absolute Gasteiger partial charge is 0.461 e. The Balaban J connectivity index is 1.72. The average molecular weight is 519 g/mol. The van der Waals surface area contributed by atoms with Crippen molar-refractivity contribution in [1.82, 2.24) is 4.90 Å². The zero-order valence-electron chi connectivity index (χ0n) is 19.6. The standard InChI is InChI=1S/C26H31ClN2O5S/c1-3-13-28(18-9-7-17(27)8-10-18)24(32)22-26-12-11-19(35-26)20(25(33)34-16-4-2)21(26)23(31)29(22)14-5-6-15-30/h3-4,7-10,19-22,30H,1-2,5-6,11-16H2/t19-,20+,21+,22?,26?/m1/s1. The average Bonchev–Trinajstić information content (AvgIpc) is 3.49. The SMILES string of the molecule is C=CCOC(=O)[C@@H]1[C@H]2C(=O)N(CCCCO)C(C(=O)N(CC=C)c3ccc(Cl)cc3)C23CC[C@H]1S3. The van der Waals surface area contributed by atoms with Crippen LogP contribution < -0.4 is 4.90 Å². The summed E-state index contributed by atoms with van der Waals surface area (Å²) >= 11 is 7.67. The van der Waals surface area contributed by atoms with Gasteiger partial charge in [-0.3, -0.25) is 14.4 Å². The molecule has 1 spiro atoms. The van der Waals surface area contributed by atoms with Gasteiger partial charge in [-0.25, -0.2) is 0 Å². The predicted octanol–water partition coefficient (Wildman–Crippen LogP) is 3.45. The van der Waals surface area contributed by atoms with Crippen LogP contribution in [-0.2, 0) is 19.1 Å². The summed E-state index contributed by atoms with van der Waals surface area (Å²) in [5, 5.41) is 9.80. The van der Waals surface area contributed by atoms with Gasteiger partial charge in [-0.05, 0) is 49.9 Å². The Kier molecular flexibility index (Phi) is 7.93. The molecule has 0 saturated carbocycles. The first-order valence-corrected chi connectivity index (χ1v) is 13.2. The number of unbranched alkanes of at least 4 members (excludes halogenated alkanes) is 1. The minimum Gasteiger partial charge on any atom is -0.461 e. The zero-order chi connectivity index (χ0) is 25.2. The number of anilines is 1. The van der Waals surface area contributed by atoms with Crippen LogP contribution in [0, 0.1) is 11.8 Å². The first-order chi connectivity index (χ1) is 16.9. The third-order valence-electron chi connectivity index (χ3n) is 7.17. The summed E-state index contributed by atoms with van der Waals surface area (Å²) in [6, 6.07) is 6.28. The number of hydrogen-bond donors (Lipinski definition) is 1. The normalized spacial score (nSPS) is 28.6. The van der Waals surface area contributed by atoms with Gasteiger partial charge in [0.1, 0.15) is 12.6 Å². The molecule has 1 aromatic carbocycles. The van der Waals surface area contributed by atoms with E-state index in [0.29, 0.717) is 36.5 Å². The molecule has 9 heteroatoms. The van der Waals surface area contributed by atoms with Crippen LogP contribution in [0.1, 0.15) is 25.7 Å². The third kappa shape index (κ3) is 4.52. The molecule has 3 aliphatic heterocycles. The summed E-state index contributed by atoms with van der Waals surface area (Å²) < 4.78 is 4.69. The highest BCUT2D eigenvalue weighted by molar-refractivity contribution is 8.02. The van der Waals surface area contributed by atoms with Crippen LogP contribution in [0.15, 0.2) is 49.6 Å². The molecule has 0 aromatic heterocycles. The van der Waals surface area contributed by atoms with Gasteiger partial charge in [0.15, 0.2) is 0 Å². The van der Waals surface area contributed by atoms with Crippen molar-refractivity contribution in [2.24, 2.45) is 11.8 Å². The second-order valence-corrected chi connectivity index (χ2v) is 11.2. The maximum Gasteiger partial charge on any atom is 0.311 e. The fourth-order valence-electron chi connectivity index (χ4n) is 5.79. The van der Waals surface area contributed by atoms with E-state index in [1.54, 1.807) is 51.9 Å². The molecule has 3 heterocycles. The van der Waals surface area contributed by atoms with E-state index < -0.39 is 28.6 Å². The fraction of sp³-hybridized carbons (Fsp3) is 0.500. The molecule has 0 radical (unpaired) electrons. The molecule has 188 valence electrons. The van der Waals surface area contributed by atoms with Gasteiger partial charge in [0.05, 0.1) is 16.6 Å². The van der Waals surface area contributed by atoms with E-state index in [2.05, 4.69) is 13.2 Å². The highest BCUT2D eigenvalue weighted by atomic mass is 35.5. The van der Waals surface area contributed by atoms with Crippen LogP contribution in [0.2, 0.25) is 5.02 Å². The Hall–Kier alpha value is -2.29. The van der Waals surface area contributed by atoms with Crippen LogP contribution in [0.3, 0.4) is 0 Å². The number of amides is 2. The first kappa shape index (κ1) is 25.8. The molecular weight excluding hydrogens is 488 g/mol. The smallest absolute Gasteiger partial charge is 0.311 e. The Labute approximate surface area is 215 Å². The van der Waals surface area contributed by atoms with Crippen molar-refractivity contribution < 1.29 is 24.2 Å². The number of ether oxygens (including phenoxy) is 1. The topological polar surface area (TPSA) is 87.1 Å². The lowest BCUT2D eigenvalue weighted by Gasteiger charge is -2.37. The van der Waals surface area contributed by atoms with Gasteiger partial charge >= 0.3 is 5.97 Å². The number of benzene rings is 1. The second kappa shape index (κ2) is 10.8. The number of carbonyl (C=O) groups is 3. The summed E-state index contributed by atoms with van der Waals surface area (Å²) in [7, 11) is 0. The Morgan fingerprint density at radius 2 is 2.00 bits per heavy atom. The molecule has 2 bridgehead atoms. The van der Waals surface area contributed by atoms with Crippen molar-refractivity contribution >= 4 is 46.8 Å². The molecule has 3 aliphatic rings. The minimum absolute atomic E-state index is 0.00983. The maximum absolute atomic E-state index is 14.2. The number of fused-ring (bicyclic) bond motifs is 1. The molecule has 3 saturated heterocycles. The summed E-state index contributed by atoms with van der Waals surface area (Å²) in [6.45, 7) is 8.14. The Morgan fingerprint density at radius 1 is 1.26 bits per heavy atom. The number of thioether (sulfide) groups is 1. The summed E-state index contributed by atoms with van der Waals surface area (Å²) in [5.74, 6) is -1.96. The van der Waals surface area contributed by atoms with E-state index in [0.717, 1.165) is 6.42 Å². The fourth-order valence-corrected chi connectivity index (χ4v) is 8.12. The van der Waals surface area contributed by atoms with Crippen molar-refractivity contribution in [2.75, 3.05) is 31.2 Å². The van der Waals surface area contributed by atoms with Gasteiger partial charge in [-0.1, -0.05) is 30.3 Å². The number of carbonyl (C=O) groups excluding carboxylic acids is 3. The lowest BCUT2D eigenvalue weighted by atomic mass is 9.71. The van der Waals surface area contributed by atoms with E-state index in [1.165, 1.54) is 6.08 Å². The van der Waals surface area contributed by atoms with E-state index in [9.17, 15) is 19.5 Å². The van der Waals surface area contributed by atoms with Crippen molar-refractivity contribution in [3.8, 4) is 0 Å². The van der Waals surface area contributed by atoms with Gasteiger partial charge in [0.25, 0.3) is 5.91 Å². The molecule has 7 nitrogen and oxygen atoms in total. The van der Waals surface area contributed by atoms with E-state index >= 15 is 0 Å². The summed E-state index contributed by atoms with van der Waals surface area (Å²) in [6.07, 6.45) is 5.69. The van der Waals surface area contributed by atoms with Crippen LogP contribution >= 0.6 is 23.4 Å². The third-order valence-corrected chi connectivity index (χ3v) is 9.38. The van der Waals surface area contributed by atoms with Gasteiger partial charge in [0.2, 0.25) is 5.91 Å². The number of nitrogens with zero attached hydrogens (tertiary/aromatic N) is 2. The van der Waals surface area contributed by atoms with Gasteiger partial charge in [0, 0.05) is 35.7 Å². The molecule has 1 aromatic rings. The molecule has 4 rings (SSSR count). The second-order valence-electron chi connectivity index (χ2n) is 9.15. The molecule has 3 fully saturated rings. The number of halogens is 1. The van der Waals surface area contributed by atoms with Crippen molar-refractivity contribution in [3.05, 3.63) is 54.6 Å². The van der Waals surface area contributed by atoms with Crippen molar-refractivity contribution in [3.63, 3.8) is 0 Å². The highest BCUT2D eigenvalue weighted by Crippen LogP contribution is 2.66. The zero-order valence-corrected chi connectivity index (χ0v) is 21.2. The quantitative estimate of drug-likeness (QED) is 0.274. The maximum atomic E-state index is 14.2. The van der Waals surface area contributed by atoms with Crippen LogP contribution in [-0.4, -0.2) is 70.1 Å². The van der Waals surface area contributed by atoms with Gasteiger partial charge < -0.3 is 19.6 Å². The molecule has 2 amide bonds. The van der Waals surface area contributed by atoms with Crippen LogP contribution in [0.5, 0.6) is 0 Å². The van der Waals surface area contributed by atoms with Crippen molar-refractivity contribution in [2.45, 2.75) is 41.7 Å². The minimum atomic E-state index is -0.721. The lowest BCUT2D eigenvalue weighted by molar-refractivity contribution is -0.153. The monoisotopic (exact) mass is 518 g/mol. The summed E-state index contributed by atoms with van der Waals surface area (Å²) in [4.78, 5) is 44.4. The molecule has 1 N–H and O–H groups in total. The number of rotatable bonds is 11. The van der Waals surface area contributed by atoms with E-state index in [4.69, 9.17) is 16.3 Å². The number of likely N-dealkylation sites (tertiary alicyclic amines) is 1. The number of aliphatic hydroxyl groups is 1. The Bertz CT molecular complexity index is 1000. The number of esters is 1. The van der Waals surface area contributed by atoms with Crippen LogP contribution in [0.25, 0.3) is 0 Å². The van der Waals surface area contributed by atoms with E-state index in [-0.39, 0.29) is 36.8 Å². The van der Waals surface area contributed by atoms with Gasteiger partial charge in [-0.15, -0.1) is 18.3 Å². The lowest BCUT2D eigenvalue weighted by Crippen LogP contribution is -2.55. The predicted molar refractivity (Wildman–Crippen MR) is 137 cm³/mol. The molecular formula is C26H31ClN2O5S. The van der Waals surface area contributed by atoms with Gasteiger partial charge in [-0.2, -0.15) is 0 Å². The number of hydrogen-bond acceptors (Lipinski definition) is 6.